The van der Waals surface area contributed by atoms with E-state index in [1.807, 2.05) is 0 Å². The Morgan fingerprint density at radius 2 is 2.11 bits per heavy atom. The van der Waals surface area contributed by atoms with Crippen molar-refractivity contribution in [2.24, 2.45) is 5.92 Å². The topological polar surface area (TPSA) is 41.6 Å². The van der Waals surface area contributed by atoms with Crippen LogP contribution in [0.4, 0.5) is 0 Å². The number of methoxy groups -OCH3 is 1. The minimum Gasteiger partial charge on any atom is -0.384 e. The van der Waals surface area contributed by atoms with Gasteiger partial charge in [0.15, 0.2) is 0 Å². The number of rotatable bonds is 6. The van der Waals surface area contributed by atoms with E-state index in [0.29, 0.717) is 18.9 Å². The van der Waals surface area contributed by atoms with Crippen LogP contribution in [0.15, 0.2) is 0 Å². The van der Waals surface area contributed by atoms with Crippen LogP contribution in [0, 0.1) is 5.92 Å². The van der Waals surface area contributed by atoms with Crippen molar-refractivity contribution in [1.82, 2.24) is 10.2 Å². The Morgan fingerprint density at radius 3 is 2.83 bits per heavy atom. The maximum atomic E-state index is 11.5. The van der Waals surface area contributed by atoms with Gasteiger partial charge in [-0.1, -0.05) is 12.8 Å². The summed E-state index contributed by atoms with van der Waals surface area (Å²) in [6.45, 7) is 3.76. The highest BCUT2D eigenvalue weighted by atomic mass is 16.5. The third-order valence-electron chi connectivity index (χ3n) is 4.28. The number of hydrogen-bond acceptors (Lipinski definition) is 3. The molecule has 0 aromatic rings. The third-order valence-corrected chi connectivity index (χ3v) is 4.28. The van der Waals surface area contributed by atoms with Gasteiger partial charge < -0.3 is 15.0 Å². The van der Waals surface area contributed by atoms with Crippen LogP contribution in [0.5, 0.6) is 0 Å². The van der Waals surface area contributed by atoms with Crippen LogP contribution < -0.4 is 5.32 Å². The molecule has 0 spiro atoms. The highest BCUT2D eigenvalue weighted by Crippen LogP contribution is 2.28. The van der Waals surface area contributed by atoms with Gasteiger partial charge in [0.1, 0.15) is 0 Å². The molecule has 0 aromatic carbocycles. The molecule has 2 rings (SSSR count). The number of hydrogen-bond donors (Lipinski definition) is 1. The smallest absolute Gasteiger partial charge is 0.222 e. The molecule has 0 radical (unpaired) electrons. The third kappa shape index (κ3) is 3.95. The van der Waals surface area contributed by atoms with Gasteiger partial charge >= 0.3 is 0 Å². The van der Waals surface area contributed by atoms with E-state index in [-0.39, 0.29) is 5.91 Å². The summed E-state index contributed by atoms with van der Waals surface area (Å²) < 4.78 is 4.90. The zero-order valence-corrected chi connectivity index (χ0v) is 11.5. The van der Waals surface area contributed by atoms with E-state index in [1.54, 1.807) is 7.11 Å². The molecule has 104 valence electrons. The van der Waals surface area contributed by atoms with Crippen molar-refractivity contribution in [2.45, 2.75) is 44.6 Å². The molecule has 1 N–H and O–H groups in total. The molecular formula is C14H26N2O2. The summed E-state index contributed by atoms with van der Waals surface area (Å²) in [5, 5.41) is 3.02. The highest BCUT2D eigenvalue weighted by molar-refractivity contribution is 5.75. The number of amides is 1. The fourth-order valence-corrected chi connectivity index (χ4v) is 3.17. The van der Waals surface area contributed by atoms with Crippen LogP contribution in [0.3, 0.4) is 0 Å². The second-order valence-corrected chi connectivity index (χ2v) is 5.63. The summed E-state index contributed by atoms with van der Waals surface area (Å²) in [6.07, 6.45) is 7.29. The quantitative estimate of drug-likeness (QED) is 0.779. The fourth-order valence-electron chi connectivity index (χ4n) is 3.17. The van der Waals surface area contributed by atoms with Crippen LogP contribution in [-0.4, -0.2) is 50.2 Å². The van der Waals surface area contributed by atoms with Gasteiger partial charge in [0, 0.05) is 32.7 Å². The molecule has 1 saturated heterocycles. The lowest BCUT2D eigenvalue weighted by Crippen LogP contribution is -2.34. The Morgan fingerprint density at radius 1 is 1.33 bits per heavy atom. The molecule has 0 bridgehead atoms. The van der Waals surface area contributed by atoms with Crippen LogP contribution in [0.25, 0.3) is 0 Å². The summed E-state index contributed by atoms with van der Waals surface area (Å²) in [7, 11) is 1.63. The summed E-state index contributed by atoms with van der Waals surface area (Å²) >= 11 is 0. The summed E-state index contributed by atoms with van der Waals surface area (Å²) in [6, 6.07) is 0.833. The molecule has 18 heavy (non-hydrogen) atoms. The van der Waals surface area contributed by atoms with Crippen molar-refractivity contribution >= 4 is 5.91 Å². The normalized spacial score (nSPS) is 25.7. The minimum atomic E-state index is 0.121. The molecule has 4 heteroatoms. The van der Waals surface area contributed by atoms with E-state index in [4.69, 9.17) is 4.74 Å². The second kappa shape index (κ2) is 7.10. The molecule has 2 fully saturated rings. The molecule has 1 saturated carbocycles. The Kier molecular flexibility index (Phi) is 5.45. The van der Waals surface area contributed by atoms with Gasteiger partial charge in [-0.3, -0.25) is 4.79 Å². The first kappa shape index (κ1) is 13.8. The first-order chi connectivity index (χ1) is 8.79. The predicted octanol–water partition coefficient (Wildman–Crippen LogP) is 1.40. The van der Waals surface area contributed by atoms with E-state index >= 15 is 0 Å². The number of nitrogens with one attached hydrogen (secondary N) is 1. The van der Waals surface area contributed by atoms with Gasteiger partial charge in [-0.2, -0.15) is 0 Å². The van der Waals surface area contributed by atoms with E-state index in [0.717, 1.165) is 12.6 Å². The lowest BCUT2D eigenvalue weighted by atomic mass is 10.1. The van der Waals surface area contributed by atoms with Crippen molar-refractivity contribution in [3.05, 3.63) is 0 Å². The molecule has 1 amide bonds. The Balaban J connectivity index is 1.61. The van der Waals surface area contributed by atoms with Crippen LogP contribution in [0.2, 0.25) is 0 Å². The van der Waals surface area contributed by atoms with E-state index in [9.17, 15) is 4.79 Å². The predicted molar refractivity (Wildman–Crippen MR) is 71.4 cm³/mol. The molecule has 4 nitrogen and oxygen atoms in total. The van der Waals surface area contributed by atoms with E-state index in [1.165, 1.54) is 45.2 Å². The number of nitrogens with zero attached hydrogens (tertiary/aromatic N) is 1. The number of likely N-dealkylation sites (tertiary alicyclic amines) is 1. The average molecular weight is 254 g/mol. The molecule has 1 aliphatic heterocycles. The maximum Gasteiger partial charge on any atom is 0.222 e. The summed E-state index contributed by atoms with van der Waals surface area (Å²) in [4.78, 5) is 14.1. The van der Waals surface area contributed by atoms with Gasteiger partial charge in [-0.25, -0.2) is 0 Å². The zero-order valence-electron chi connectivity index (χ0n) is 11.5. The maximum absolute atomic E-state index is 11.5. The van der Waals surface area contributed by atoms with Crippen LogP contribution in [0.1, 0.15) is 38.5 Å². The lowest BCUT2D eigenvalue weighted by Gasteiger charge is -2.23. The first-order valence-electron chi connectivity index (χ1n) is 7.29. The van der Waals surface area contributed by atoms with Crippen molar-refractivity contribution < 1.29 is 9.53 Å². The molecule has 0 aromatic heterocycles. The molecule has 1 atom stereocenters. The summed E-state index contributed by atoms with van der Waals surface area (Å²) in [5.41, 5.74) is 0. The molecule has 2 aliphatic rings. The van der Waals surface area contributed by atoms with Crippen LogP contribution >= 0.6 is 0 Å². The average Bonchev–Trinajstić information content (AvgIpc) is 3.03. The summed E-state index contributed by atoms with van der Waals surface area (Å²) in [5.74, 6) is 0.772. The van der Waals surface area contributed by atoms with Gasteiger partial charge in [-0.05, 0) is 31.7 Å². The standard InChI is InChI=1S/C14H26N2O2/c1-18-9-7-14(17)15-10-12-6-8-16(11-12)13-4-2-3-5-13/h12-13H,2-11H2,1H3,(H,15,17). The fraction of sp³-hybridized carbons (Fsp3) is 0.929. The number of carbonyl (C=O) groups excluding carboxylic acids is 1. The van der Waals surface area contributed by atoms with Gasteiger partial charge in [0.2, 0.25) is 5.91 Å². The van der Waals surface area contributed by atoms with E-state index in [2.05, 4.69) is 10.2 Å². The first-order valence-corrected chi connectivity index (χ1v) is 7.29. The monoisotopic (exact) mass is 254 g/mol. The lowest BCUT2D eigenvalue weighted by molar-refractivity contribution is -0.122. The second-order valence-electron chi connectivity index (χ2n) is 5.63. The van der Waals surface area contributed by atoms with Crippen LogP contribution in [-0.2, 0) is 9.53 Å². The molecule has 1 heterocycles. The Labute approximate surface area is 110 Å². The molecular weight excluding hydrogens is 228 g/mol. The van der Waals surface area contributed by atoms with Crippen molar-refractivity contribution in [2.75, 3.05) is 33.4 Å². The number of carbonyl (C=O) groups is 1. The zero-order chi connectivity index (χ0) is 12.8. The largest absolute Gasteiger partial charge is 0.384 e. The van der Waals surface area contributed by atoms with Crippen molar-refractivity contribution in [3.8, 4) is 0 Å². The van der Waals surface area contributed by atoms with Crippen molar-refractivity contribution in [1.29, 1.82) is 0 Å². The molecule has 1 unspecified atom stereocenters. The number of ether oxygens (including phenoxy) is 1. The highest BCUT2D eigenvalue weighted by Gasteiger charge is 2.29. The SMILES string of the molecule is COCCC(=O)NCC1CCN(C2CCCC2)C1. The molecule has 1 aliphatic carbocycles. The van der Waals surface area contributed by atoms with Gasteiger partial charge in [0.05, 0.1) is 6.61 Å². The van der Waals surface area contributed by atoms with Gasteiger partial charge in [-0.15, -0.1) is 0 Å². The van der Waals surface area contributed by atoms with E-state index < -0.39 is 0 Å². The Bertz CT molecular complexity index is 265. The minimum absolute atomic E-state index is 0.121. The van der Waals surface area contributed by atoms with Gasteiger partial charge in [0.25, 0.3) is 0 Å². The Hall–Kier alpha value is -0.610. The van der Waals surface area contributed by atoms with Crippen molar-refractivity contribution in [3.63, 3.8) is 0 Å².